The van der Waals surface area contributed by atoms with Gasteiger partial charge < -0.3 is 4.74 Å². The number of nitriles is 4. The van der Waals surface area contributed by atoms with E-state index in [1.807, 2.05) is 84.9 Å². The predicted molar refractivity (Wildman–Crippen MR) is 210 cm³/mol. The minimum absolute atomic E-state index is 0.0980. The normalized spacial score (nSPS) is 14.3. The van der Waals surface area contributed by atoms with Crippen LogP contribution < -0.4 is 41.9 Å². The number of carbonyl (C=O) groups is 1. The molecule has 6 aromatic carbocycles. The zero-order valence-electron chi connectivity index (χ0n) is 28.4. The van der Waals surface area contributed by atoms with E-state index in [1.165, 1.54) is 0 Å². The van der Waals surface area contributed by atoms with Gasteiger partial charge in [-0.2, -0.15) is 21.0 Å². The zero-order valence-corrected chi connectivity index (χ0v) is 28.4. The third-order valence-corrected chi connectivity index (χ3v) is 10.9. The summed E-state index contributed by atoms with van der Waals surface area (Å²) in [6.07, 6.45) is 8.18. The molecule has 10 heteroatoms. The topological polar surface area (TPSA) is 128 Å². The highest BCUT2D eigenvalue weighted by Gasteiger charge is 2.50. The molecule has 3 aliphatic heterocycles. The number of para-hydroxylation sites is 2. The van der Waals surface area contributed by atoms with Crippen LogP contribution in [-0.4, -0.2) is 19.5 Å². The minimum Gasteiger partial charge on any atom is -0.458 e. The molecule has 3 heterocycles. The van der Waals surface area contributed by atoms with Crippen LogP contribution in [0.15, 0.2) is 127 Å². The molecule has 0 saturated heterocycles. The van der Waals surface area contributed by atoms with Crippen LogP contribution in [0.4, 0.5) is 27.5 Å². The van der Waals surface area contributed by atoms with Crippen molar-refractivity contribution < 1.29 is 9.53 Å². The summed E-state index contributed by atoms with van der Waals surface area (Å²) < 4.78 is 6.51. The average molecular weight is 688 g/mol. The summed E-state index contributed by atoms with van der Waals surface area (Å²) in [6, 6.07) is 40.5. The Kier molecular flexibility index (Phi) is 6.67. The van der Waals surface area contributed by atoms with Gasteiger partial charge in [0.1, 0.15) is 11.5 Å². The molecule has 246 valence electrons. The quantitative estimate of drug-likeness (QED) is 0.216. The first kappa shape index (κ1) is 31.0. The predicted octanol–water partition coefficient (Wildman–Crippen LogP) is 5.78. The number of urea groups is 1. The molecule has 10 rings (SSSR count). The molecule has 8 nitrogen and oxygen atoms in total. The maximum Gasteiger partial charge on any atom is 0.338 e. The number of rotatable bonds is 4. The van der Waals surface area contributed by atoms with E-state index in [9.17, 15) is 21.0 Å². The number of hydrogen-bond acceptors (Lipinski definition) is 6. The van der Waals surface area contributed by atoms with Crippen LogP contribution in [0, 0.1) is 45.3 Å². The molecule has 1 aliphatic carbocycles. The molecule has 0 fully saturated rings. The van der Waals surface area contributed by atoms with Crippen molar-refractivity contribution in [3.8, 4) is 35.8 Å². The van der Waals surface area contributed by atoms with Gasteiger partial charge >= 0.3 is 6.03 Å². The van der Waals surface area contributed by atoms with Gasteiger partial charge in [0.05, 0.1) is 57.9 Å². The summed E-state index contributed by atoms with van der Waals surface area (Å²) in [5, 5.41) is 43.2. The molecular formula is C44H22B2N6O2. The number of ether oxygens (including phenoxy) is 1. The first-order chi connectivity index (χ1) is 26.5. The van der Waals surface area contributed by atoms with Crippen molar-refractivity contribution in [1.82, 2.24) is 0 Å². The summed E-state index contributed by atoms with van der Waals surface area (Å²) in [6.45, 7) is -0.874. The molecule has 0 saturated carbocycles. The highest BCUT2D eigenvalue weighted by Crippen LogP contribution is 2.49. The highest BCUT2D eigenvalue weighted by molar-refractivity contribution is 6.99. The smallest absolute Gasteiger partial charge is 0.338 e. The lowest BCUT2D eigenvalue weighted by molar-refractivity contribution is 0.255. The number of nitrogens with zero attached hydrogens (tertiary/aromatic N) is 6. The number of fused-ring (bicyclic) bond motifs is 4. The molecule has 0 bridgehead atoms. The molecule has 0 spiro atoms. The second kappa shape index (κ2) is 11.6. The Morgan fingerprint density at radius 2 is 1.20 bits per heavy atom. The Bertz CT molecular complexity index is 2920. The van der Waals surface area contributed by atoms with Crippen LogP contribution >= 0.6 is 0 Å². The number of anilines is 4. The van der Waals surface area contributed by atoms with E-state index in [1.54, 1.807) is 34.1 Å². The Morgan fingerprint density at radius 3 is 1.87 bits per heavy atom. The van der Waals surface area contributed by atoms with Crippen molar-refractivity contribution >= 4 is 80.3 Å². The molecule has 54 heavy (non-hydrogen) atoms. The lowest BCUT2D eigenvalue weighted by Gasteiger charge is -2.47. The zero-order chi connectivity index (χ0) is 36.7. The van der Waals surface area contributed by atoms with E-state index in [4.69, 9.17) is 4.74 Å². The van der Waals surface area contributed by atoms with Crippen LogP contribution in [-0.2, 0) is 0 Å². The van der Waals surface area contributed by atoms with E-state index in [2.05, 4.69) is 42.5 Å². The molecule has 0 atom stereocenters. The Morgan fingerprint density at radius 1 is 0.611 bits per heavy atom. The average Bonchev–Trinajstić information content (AvgIpc) is 3.76. The van der Waals surface area contributed by atoms with E-state index in [0.717, 1.165) is 27.2 Å². The van der Waals surface area contributed by atoms with Gasteiger partial charge in [-0.15, -0.1) is 0 Å². The Balaban J connectivity index is 1.34. The summed E-state index contributed by atoms with van der Waals surface area (Å²) >= 11 is 0. The molecule has 0 N–H and O–H groups in total. The molecule has 2 amide bonds. The summed E-state index contributed by atoms with van der Waals surface area (Å²) in [5.74, 6) is 1.14. The SMILES string of the molecule is N#Cc1cc(C#N)c2c(c1)N1C(=O)N3c4cc(C#N)cc(C#N)c4B(C4C=CC=C4)c4ccc5ccc(c1c5c43)B2c1ccccc1Oc1ccccc1. The minimum atomic E-state index is -0.559. The monoisotopic (exact) mass is 688 g/mol. The molecule has 6 aromatic rings. The van der Waals surface area contributed by atoms with Crippen LogP contribution in [0.1, 0.15) is 22.3 Å². The van der Waals surface area contributed by atoms with Crippen molar-refractivity contribution in [1.29, 1.82) is 21.0 Å². The van der Waals surface area contributed by atoms with Crippen molar-refractivity contribution in [2.45, 2.75) is 5.82 Å². The molecule has 0 unspecified atom stereocenters. The molecule has 4 aliphatic rings. The fourth-order valence-corrected chi connectivity index (χ4v) is 8.84. The lowest BCUT2D eigenvalue weighted by atomic mass is 9.31. The van der Waals surface area contributed by atoms with Crippen molar-refractivity contribution in [3.63, 3.8) is 0 Å². The van der Waals surface area contributed by atoms with E-state index >= 15 is 4.79 Å². The lowest BCUT2D eigenvalue weighted by Crippen LogP contribution is -2.63. The number of allylic oxidation sites excluding steroid dienone is 4. The molecule has 0 radical (unpaired) electrons. The summed E-state index contributed by atoms with van der Waals surface area (Å²) in [7, 11) is 0. The van der Waals surface area contributed by atoms with Gasteiger partial charge in [-0.05, 0) is 81.0 Å². The standard InChI is InChI=1S/C44H22B2N6O2/c47-22-26-18-29(24-49)40-36(20-26)51-42-34(45(40)31-8-4-5-9-31)16-14-28-15-17-35-43(39(28)42)52(44(51)53)37-21-27(23-48)19-30(25-50)41(37)46(35)33-12-6-7-13-38(33)54-32-10-2-1-3-11-32/h1-21,31H. The highest BCUT2D eigenvalue weighted by atomic mass is 16.5. The molecule has 0 aromatic heterocycles. The van der Waals surface area contributed by atoms with Crippen LogP contribution in [0.3, 0.4) is 0 Å². The third-order valence-electron chi connectivity index (χ3n) is 10.9. The number of amides is 2. The number of carbonyl (C=O) groups excluding carboxylic acids is 1. The third kappa shape index (κ3) is 4.20. The van der Waals surface area contributed by atoms with E-state index in [-0.39, 0.29) is 29.2 Å². The van der Waals surface area contributed by atoms with Gasteiger partial charge in [-0.1, -0.05) is 85.0 Å². The van der Waals surface area contributed by atoms with Gasteiger partial charge in [0.25, 0.3) is 6.71 Å². The second-order valence-corrected chi connectivity index (χ2v) is 13.6. The maximum atomic E-state index is 15.5. The summed E-state index contributed by atoms with van der Waals surface area (Å²) in [5.41, 5.74) is 7.04. The van der Waals surface area contributed by atoms with Gasteiger partial charge in [-0.25, -0.2) is 4.79 Å². The van der Waals surface area contributed by atoms with Gasteiger partial charge in [0.2, 0.25) is 6.71 Å². The largest absolute Gasteiger partial charge is 0.458 e. The van der Waals surface area contributed by atoms with Crippen LogP contribution in [0.25, 0.3) is 10.8 Å². The van der Waals surface area contributed by atoms with Gasteiger partial charge in [-0.3, -0.25) is 9.80 Å². The first-order valence-corrected chi connectivity index (χ1v) is 17.4. The Hall–Kier alpha value is -7.78. The first-order valence-electron chi connectivity index (χ1n) is 17.4. The number of hydrogen-bond donors (Lipinski definition) is 0. The van der Waals surface area contributed by atoms with E-state index < -0.39 is 12.7 Å². The van der Waals surface area contributed by atoms with Gasteiger partial charge in [0, 0.05) is 16.8 Å². The maximum absolute atomic E-state index is 15.5. The van der Waals surface area contributed by atoms with E-state index in [0.29, 0.717) is 50.7 Å². The second-order valence-electron chi connectivity index (χ2n) is 13.6. The summed E-state index contributed by atoms with van der Waals surface area (Å²) in [4.78, 5) is 18.8. The fourth-order valence-electron chi connectivity index (χ4n) is 8.84. The molecular weight excluding hydrogens is 666 g/mol. The van der Waals surface area contributed by atoms with Crippen LogP contribution in [0.5, 0.6) is 11.5 Å². The van der Waals surface area contributed by atoms with Crippen molar-refractivity contribution in [3.05, 3.63) is 150 Å². The van der Waals surface area contributed by atoms with Crippen molar-refractivity contribution in [2.24, 2.45) is 0 Å². The Labute approximate surface area is 311 Å². The fraction of sp³-hybridized carbons (Fsp3) is 0.0227. The van der Waals surface area contributed by atoms with Crippen molar-refractivity contribution in [2.75, 3.05) is 9.80 Å². The van der Waals surface area contributed by atoms with Crippen LogP contribution in [0.2, 0.25) is 5.82 Å². The van der Waals surface area contributed by atoms with Gasteiger partial charge in [0.15, 0.2) is 0 Å². The number of benzene rings is 6.